The van der Waals surface area contributed by atoms with Crippen molar-refractivity contribution in [1.29, 1.82) is 0 Å². The quantitative estimate of drug-likeness (QED) is 0.381. The van der Waals surface area contributed by atoms with Crippen LogP contribution in [0.15, 0.2) is 47.4 Å². The van der Waals surface area contributed by atoms with Crippen molar-refractivity contribution in [3.8, 4) is 0 Å². The van der Waals surface area contributed by atoms with E-state index >= 15 is 0 Å². The van der Waals surface area contributed by atoms with Crippen LogP contribution < -0.4 is 4.72 Å². The standard InChI is InChI=1S/C20H16Cl2F3N5O5S/c21-13-5-3-6-14(22)11(13)8-18-26-29-30(27-18)10-16(31)15(9-19(32)33)28-36(34,35)17-7-2-1-4-12(17)20(23,24)25/h1-7,15,28H,8-10H2,(H,32,33). The number of tetrazole rings is 1. The molecule has 3 aromatic rings. The molecule has 2 N–H and O–H groups in total. The van der Waals surface area contributed by atoms with E-state index in [-0.39, 0.29) is 12.2 Å². The number of rotatable bonds is 10. The van der Waals surface area contributed by atoms with Gasteiger partial charge in [0.2, 0.25) is 10.0 Å². The fourth-order valence-corrected chi connectivity index (χ4v) is 5.08. The van der Waals surface area contributed by atoms with Crippen molar-refractivity contribution in [3.63, 3.8) is 0 Å². The minimum atomic E-state index is -5.01. The van der Waals surface area contributed by atoms with Gasteiger partial charge in [-0.05, 0) is 35.0 Å². The van der Waals surface area contributed by atoms with Crippen LogP contribution in [0.25, 0.3) is 0 Å². The van der Waals surface area contributed by atoms with Crippen LogP contribution in [0.1, 0.15) is 23.4 Å². The molecule has 0 amide bonds. The molecule has 10 nitrogen and oxygen atoms in total. The van der Waals surface area contributed by atoms with E-state index in [1.54, 1.807) is 22.9 Å². The number of Topliss-reactive ketones (excluding diaryl/α,β-unsaturated/α-hetero) is 1. The largest absolute Gasteiger partial charge is 0.481 e. The number of ketones is 1. The summed E-state index contributed by atoms with van der Waals surface area (Å²) in [6.07, 6.45) is -6.00. The molecule has 0 spiro atoms. The number of carboxylic acid groups (broad SMARTS) is 1. The van der Waals surface area contributed by atoms with Crippen LogP contribution in [0.2, 0.25) is 10.0 Å². The molecule has 0 saturated heterocycles. The third kappa shape index (κ3) is 6.78. The molecule has 16 heteroatoms. The molecule has 0 aliphatic heterocycles. The van der Waals surface area contributed by atoms with E-state index in [0.29, 0.717) is 27.7 Å². The molecule has 3 rings (SSSR count). The predicted molar refractivity (Wildman–Crippen MR) is 120 cm³/mol. The zero-order chi connectivity index (χ0) is 26.7. The molecule has 1 aromatic heterocycles. The van der Waals surface area contributed by atoms with Gasteiger partial charge in [0, 0.05) is 16.5 Å². The molecule has 1 heterocycles. The maximum absolute atomic E-state index is 13.3. The highest BCUT2D eigenvalue weighted by Crippen LogP contribution is 2.34. The van der Waals surface area contributed by atoms with E-state index in [1.807, 2.05) is 0 Å². The molecule has 36 heavy (non-hydrogen) atoms. The number of aromatic nitrogens is 4. The first-order chi connectivity index (χ1) is 16.8. The lowest BCUT2D eigenvalue weighted by molar-refractivity contribution is -0.140. The van der Waals surface area contributed by atoms with E-state index < -0.39 is 57.4 Å². The summed E-state index contributed by atoms with van der Waals surface area (Å²) in [4.78, 5) is 23.6. The highest BCUT2D eigenvalue weighted by atomic mass is 35.5. The van der Waals surface area contributed by atoms with Gasteiger partial charge in [0.05, 0.1) is 22.9 Å². The van der Waals surface area contributed by atoms with Crippen molar-refractivity contribution in [3.05, 3.63) is 69.5 Å². The number of hydrogen-bond acceptors (Lipinski definition) is 7. The number of sulfonamides is 1. The Labute approximate surface area is 212 Å². The number of nitrogens with zero attached hydrogens (tertiary/aromatic N) is 4. The second-order valence-electron chi connectivity index (χ2n) is 7.35. The van der Waals surface area contributed by atoms with Gasteiger partial charge in [0.15, 0.2) is 11.6 Å². The van der Waals surface area contributed by atoms with Crippen LogP contribution in [-0.2, 0) is 38.8 Å². The summed E-state index contributed by atoms with van der Waals surface area (Å²) in [6.45, 7) is -0.718. The zero-order valence-corrected chi connectivity index (χ0v) is 20.2. The SMILES string of the molecule is O=C(O)CC(NS(=O)(=O)c1ccccc1C(F)(F)F)C(=O)Cn1nnc(Cc2c(Cl)cccc2Cl)n1. The Hall–Kier alpha value is -3.07. The van der Waals surface area contributed by atoms with Crippen LogP contribution in [0.4, 0.5) is 13.2 Å². The summed E-state index contributed by atoms with van der Waals surface area (Å²) in [6, 6.07) is 6.20. The van der Waals surface area contributed by atoms with Crippen molar-refractivity contribution in [2.45, 2.75) is 36.5 Å². The number of nitrogens with one attached hydrogen (secondary N) is 1. The summed E-state index contributed by atoms with van der Waals surface area (Å²) in [7, 11) is -4.95. The van der Waals surface area contributed by atoms with E-state index in [1.165, 1.54) is 0 Å². The lowest BCUT2D eigenvalue weighted by Gasteiger charge is -2.18. The summed E-state index contributed by atoms with van der Waals surface area (Å²) in [5.41, 5.74) is -0.980. The molecule has 0 radical (unpaired) electrons. The third-order valence-corrected chi connectivity index (χ3v) is 6.97. The average molecular weight is 566 g/mol. The molecule has 0 bridgehead atoms. The minimum Gasteiger partial charge on any atom is -0.481 e. The van der Waals surface area contributed by atoms with Crippen molar-refractivity contribution < 1.29 is 36.3 Å². The highest BCUT2D eigenvalue weighted by molar-refractivity contribution is 7.89. The number of carboxylic acids is 1. The molecule has 0 fully saturated rings. The molecule has 1 atom stereocenters. The van der Waals surface area contributed by atoms with Gasteiger partial charge < -0.3 is 5.11 Å². The average Bonchev–Trinajstić information content (AvgIpc) is 3.22. The highest BCUT2D eigenvalue weighted by Gasteiger charge is 2.38. The monoisotopic (exact) mass is 565 g/mol. The fourth-order valence-electron chi connectivity index (χ4n) is 3.10. The first kappa shape index (κ1) is 27.5. The Morgan fingerprint density at radius 2 is 1.72 bits per heavy atom. The fraction of sp³-hybridized carbons (Fsp3) is 0.250. The molecule has 1 unspecified atom stereocenters. The van der Waals surface area contributed by atoms with Gasteiger partial charge in [-0.2, -0.15) is 22.7 Å². The maximum atomic E-state index is 13.3. The van der Waals surface area contributed by atoms with Crippen LogP contribution in [0, 0.1) is 0 Å². The molecule has 0 aliphatic rings. The van der Waals surface area contributed by atoms with Gasteiger partial charge >= 0.3 is 12.1 Å². The van der Waals surface area contributed by atoms with E-state index in [9.17, 15) is 31.2 Å². The second-order valence-corrected chi connectivity index (χ2v) is 9.84. The number of aliphatic carboxylic acids is 1. The second kappa shape index (κ2) is 10.9. The Balaban J connectivity index is 1.81. The normalized spacial score (nSPS) is 12.9. The van der Waals surface area contributed by atoms with Gasteiger partial charge in [-0.1, -0.05) is 41.4 Å². The van der Waals surface area contributed by atoms with Gasteiger partial charge in [0.1, 0.15) is 6.54 Å². The van der Waals surface area contributed by atoms with Gasteiger partial charge in [0.25, 0.3) is 0 Å². The van der Waals surface area contributed by atoms with Crippen molar-refractivity contribution in [2.24, 2.45) is 0 Å². The number of hydrogen-bond donors (Lipinski definition) is 2. The third-order valence-electron chi connectivity index (χ3n) is 4.73. The first-order valence-corrected chi connectivity index (χ1v) is 12.1. The minimum absolute atomic E-state index is 0.0477. The molecular weight excluding hydrogens is 550 g/mol. The molecule has 2 aromatic carbocycles. The molecular formula is C20H16Cl2F3N5O5S. The number of benzene rings is 2. The zero-order valence-electron chi connectivity index (χ0n) is 17.9. The predicted octanol–water partition coefficient (Wildman–Crippen LogP) is 2.98. The van der Waals surface area contributed by atoms with Crippen LogP contribution in [-0.4, -0.2) is 51.5 Å². The number of carbonyl (C=O) groups is 2. The first-order valence-electron chi connectivity index (χ1n) is 9.90. The van der Waals surface area contributed by atoms with E-state index in [0.717, 1.165) is 16.9 Å². The molecule has 0 aliphatic carbocycles. The van der Waals surface area contributed by atoms with Gasteiger partial charge in [-0.3, -0.25) is 9.59 Å². The lowest BCUT2D eigenvalue weighted by atomic mass is 10.1. The van der Waals surface area contributed by atoms with Crippen molar-refractivity contribution in [1.82, 2.24) is 24.9 Å². The molecule has 192 valence electrons. The Bertz CT molecular complexity index is 1380. The summed E-state index contributed by atoms with van der Waals surface area (Å²) in [5.74, 6) is -2.49. The van der Waals surface area contributed by atoms with Crippen LogP contribution in [0.5, 0.6) is 0 Å². The van der Waals surface area contributed by atoms with Crippen LogP contribution >= 0.6 is 23.2 Å². The van der Waals surface area contributed by atoms with Crippen molar-refractivity contribution >= 4 is 45.0 Å². The van der Waals surface area contributed by atoms with Crippen LogP contribution in [0.3, 0.4) is 0 Å². The van der Waals surface area contributed by atoms with E-state index in [2.05, 4.69) is 15.4 Å². The topological polar surface area (TPSA) is 144 Å². The number of halogens is 5. The Morgan fingerprint density at radius 1 is 1.08 bits per heavy atom. The van der Waals surface area contributed by atoms with Gasteiger partial charge in [-0.15, -0.1) is 10.2 Å². The maximum Gasteiger partial charge on any atom is 0.417 e. The summed E-state index contributed by atoms with van der Waals surface area (Å²) >= 11 is 12.2. The Morgan fingerprint density at radius 3 is 2.33 bits per heavy atom. The number of alkyl halides is 3. The van der Waals surface area contributed by atoms with Crippen molar-refractivity contribution in [2.75, 3.05) is 0 Å². The smallest absolute Gasteiger partial charge is 0.417 e. The summed E-state index contributed by atoms with van der Waals surface area (Å²) in [5, 5.41) is 21.2. The Kier molecular flexibility index (Phi) is 8.33. The number of carbonyl (C=O) groups excluding carboxylic acids is 1. The summed E-state index contributed by atoms with van der Waals surface area (Å²) < 4.78 is 67.0. The lowest BCUT2D eigenvalue weighted by Crippen LogP contribution is -2.44. The van der Waals surface area contributed by atoms with Gasteiger partial charge in [-0.25, -0.2) is 8.42 Å². The van der Waals surface area contributed by atoms with E-state index in [4.69, 9.17) is 28.3 Å². The molecule has 0 saturated carbocycles.